The molecule has 0 unspecified atom stereocenters. The Morgan fingerprint density at radius 2 is 1.70 bits per heavy atom. The van der Waals surface area contributed by atoms with Crippen molar-refractivity contribution in [2.75, 3.05) is 4.31 Å². The Bertz CT molecular complexity index is 798. The van der Waals surface area contributed by atoms with Crippen molar-refractivity contribution in [2.45, 2.75) is 31.6 Å². The van der Waals surface area contributed by atoms with Gasteiger partial charge in [0.05, 0.1) is 10.6 Å². The number of hydrogen-bond donors (Lipinski definition) is 1. The van der Waals surface area contributed by atoms with Crippen LogP contribution in [0.4, 0.5) is 10.5 Å². The second-order valence-corrected chi connectivity index (χ2v) is 7.03. The molecular formula is C17H19NO4S. The summed E-state index contributed by atoms with van der Waals surface area (Å²) in [7, 11) is -4.18. The summed E-state index contributed by atoms with van der Waals surface area (Å²) in [4.78, 5) is 11.6. The molecule has 0 fully saturated rings. The lowest BCUT2D eigenvalue weighted by Crippen LogP contribution is -2.36. The molecule has 0 aromatic heterocycles. The monoisotopic (exact) mass is 333 g/mol. The fourth-order valence-corrected chi connectivity index (χ4v) is 3.67. The van der Waals surface area contributed by atoms with Crippen molar-refractivity contribution in [1.29, 1.82) is 0 Å². The number of aryl methyl sites for hydroxylation is 2. The lowest BCUT2D eigenvalue weighted by molar-refractivity contribution is 0.206. The van der Waals surface area contributed by atoms with Gasteiger partial charge in [0.2, 0.25) is 0 Å². The zero-order valence-corrected chi connectivity index (χ0v) is 13.9. The molecule has 0 saturated carbocycles. The van der Waals surface area contributed by atoms with E-state index >= 15 is 0 Å². The molecule has 2 aromatic carbocycles. The highest BCUT2D eigenvalue weighted by Gasteiger charge is 2.32. The number of amides is 1. The fraction of sp³-hybridized carbons (Fsp3) is 0.235. The average molecular weight is 333 g/mol. The third kappa shape index (κ3) is 3.53. The fourth-order valence-electron chi connectivity index (χ4n) is 2.34. The Morgan fingerprint density at radius 1 is 1.09 bits per heavy atom. The molecule has 2 rings (SSSR count). The van der Waals surface area contributed by atoms with Crippen molar-refractivity contribution in [3.8, 4) is 0 Å². The van der Waals surface area contributed by atoms with Gasteiger partial charge in [0, 0.05) is 0 Å². The van der Waals surface area contributed by atoms with Crippen LogP contribution in [0.15, 0.2) is 53.4 Å². The lowest BCUT2D eigenvalue weighted by Gasteiger charge is -2.22. The minimum absolute atomic E-state index is 0.0446. The van der Waals surface area contributed by atoms with Gasteiger partial charge in [-0.1, -0.05) is 49.2 Å². The summed E-state index contributed by atoms with van der Waals surface area (Å²) < 4.78 is 26.0. The molecule has 0 atom stereocenters. The zero-order valence-electron chi connectivity index (χ0n) is 13.1. The number of carbonyl (C=O) groups is 1. The summed E-state index contributed by atoms with van der Waals surface area (Å²) in [5.74, 6) is 0. The van der Waals surface area contributed by atoms with Crippen molar-refractivity contribution in [3.63, 3.8) is 0 Å². The van der Waals surface area contributed by atoms with Gasteiger partial charge in [-0.3, -0.25) is 0 Å². The Hall–Kier alpha value is -2.34. The summed E-state index contributed by atoms with van der Waals surface area (Å²) in [5.41, 5.74) is 1.77. The Labute approximate surface area is 136 Å². The van der Waals surface area contributed by atoms with E-state index in [1.165, 1.54) is 18.2 Å². The van der Waals surface area contributed by atoms with Gasteiger partial charge in [0.1, 0.15) is 0 Å². The number of hydrogen-bond acceptors (Lipinski definition) is 3. The van der Waals surface area contributed by atoms with Crippen LogP contribution in [-0.4, -0.2) is 19.6 Å². The molecule has 1 N–H and O–H groups in total. The van der Waals surface area contributed by atoms with Crippen molar-refractivity contribution in [3.05, 3.63) is 59.7 Å². The molecule has 0 aliphatic heterocycles. The molecule has 1 amide bonds. The largest absolute Gasteiger partial charge is 0.464 e. The number of para-hydroxylation sites is 1. The summed E-state index contributed by atoms with van der Waals surface area (Å²) >= 11 is 0. The molecule has 2 aromatic rings. The van der Waals surface area contributed by atoms with Crippen LogP contribution in [0.25, 0.3) is 0 Å². The minimum atomic E-state index is -4.18. The maximum atomic E-state index is 12.8. The summed E-state index contributed by atoms with van der Waals surface area (Å²) in [6.07, 6.45) is -0.132. The molecule has 0 bridgehead atoms. The predicted molar refractivity (Wildman–Crippen MR) is 89.3 cm³/mol. The number of benzene rings is 2. The zero-order chi connectivity index (χ0) is 17.0. The summed E-state index contributed by atoms with van der Waals surface area (Å²) in [6.45, 7) is 3.79. The highest BCUT2D eigenvalue weighted by Crippen LogP contribution is 2.28. The van der Waals surface area contributed by atoms with Crippen molar-refractivity contribution < 1.29 is 18.3 Å². The van der Waals surface area contributed by atoms with Crippen molar-refractivity contribution >= 4 is 21.8 Å². The number of carboxylic acid groups (broad SMARTS) is 1. The standard InChI is InChI=1S/C17H19NO4S/c1-3-6-14-7-4-5-8-16(14)18(17(19)20)23(21,22)15-11-9-13(2)10-12-15/h4-5,7-12H,3,6H2,1-2H3,(H,19,20). The first-order valence-corrected chi connectivity index (χ1v) is 8.74. The SMILES string of the molecule is CCCc1ccccc1N(C(=O)O)S(=O)(=O)c1ccc(C)cc1. The molecule has 0 heterocycles. The molecule has 6 heteroatoms. The number of anilines is 1. The molecule has 23 heavy (non-hydrogen) atoms. The molecule has 0 spiro atoms. The Balaban J connectivity index is 2.59. The number of rotatable bonds is 5. The molecular weight excluding hydrogens is 314 g/mol. The first-order valence-electron chi connectivity index (χ1n) is 7.30. The summed E-state index contributed by atoms with van der Waals surface area (Å²) in [5, 5.41) is 9.52. The van der Waals surface area contributed by atoms with E-state index in [1.807, 2.05) is 13.8 Å². The topological polar surface area (TPSA) is 74.7 Å². The van der Waals surface area contributed by atoms with Gasteiger partial charge in [-0.2, -0.15) is 4.31 Å². The number of nitrogens with zero attached hydrogens (tertiary/aromatic N) is 1. The van der Waals surface area contributed by atoms with Gasteiger partial charge in [-0.25, -0.2) is 13.2 Å². The molecule has 0 radical (unpaired) electrons. The van der Waals surface area contributed by atoms with E-state index in [0.717, 1.165) is 12.0 Å². The smallest absolute Gasteiger partial charge is 0.426 e. The van der Waals surface area contributed by atoms with E-state index < -0.39 is 16.1 Å². The van der Waals surface area contributed by atoms with Crippen LogP contribution in [0.2, 0.25) is 0 Å². The maximum absolute atomic E-state index is 12.8. The minimum Gasteiger partial charge on any atom is -0.464 e. The van der Waals surface area contributed by atoms with Crippen molar-refractivity contribution in [2.24, 2.45) is 0 Å². The highest BCUT2D eigenvalue weighted by atomic mass is 32.2. The quantitative estimate of drug-likeness (QED) is 0.902. The molecule has 0 saturated heterocycles. The van der Waals surface area contributed by atoms with Crippen molar-refractivity contribution in [1.82, 2.24) is 0 Å². The van der Waals surface area contributed by atoms with E-state index in [0.29, 0.717) is 16.3 Å². The first-order chi connectivity index (χ1) is 10.9. The van der Waals surface area contributed by atoms with E-state index in [9.17, 15) is 18.3 Å². The number of sulfonamides is 1. The van der Waals surface area contributed by atoms with Gasteiger partial charge < -0.3 is 5.11 Å². The van der Waals surface area contributed by atoms with Crippen LogP contribution in [0.5, 0.6) is 0 Å². The van der Waals surface area contributed by atoms with Crippen LogP contribution in [0.1, 0.15) is 24.5 Å². The normalized spacial score (nSPS) is 11.2. The van der Waals surface area contributed by atoms with E-state index in [-0.39, 0.29) is 10.6 Å². The first kappa shape index (κ1) is 17.0. The van der Waals surface area contributed by atoms with Crippen LogP contribution in [0.3, 0.4) is 0 Å². The van der Waals surface area contributed by atoms with Crippen LogP contribution >= 0.6 is 0 Å². The predicted octanol–water partition coefficient (Wildman–Crippen LogP) is 3.82. The van der Waals surface area contributed by atoms with Crippen LogP contribution in [0, 0.1) is 6.92 Å². The van der Waals surface area contributed by atoms with Crippen LogP contribution < -0.4 is 4.31 Å². The third-order valence-corrected chi connectivity index (χ3v) is 5.16. The second kappa shape index (κ2) is 6.83. The molecule has 5 nitrogen and oxygen atoms in total. The van der Waals surface area contributed by atoms with Gasteiger partial charge >= 0.3 is 6.09 Å². The Morgan fingerprint density at radius 3 is 2.26 bits per heavy atom. The Kier molecular flexibility index (Phi) is 5.05. The van der Waals surface area contributed by atoms with Crippen LogP contribution in [-0.2, 0) is 16.4 Å². The third-order valence-electron chi connectivity index (χ3n) is 3.46. The van der Waals surface area contributed by atoms with Gasteiger partial charge in [0.15, 0.2) is 0 Å². The van der Waals surface area contributed by atoms with Gasteiger partial charge in [-0.05, 0) is 37.1 Å². The van der Waals surface area contributed by atoms with Gasteiger partial charge in [-0.15, -0.1) is 0 Å². The van der Waals surface area contributed by atoms with E-state index in [2.05, 4.69) is 0 Å². The lowest BCUT2D eigenvalue weighted by atomic mass is 10.1. The maximum Gasteiger partial charge on any atom is 0.426 e. The summed E-state index contributed by atoms with van der Waals surface area (Å²) in [6, 6.07) is 12.8. The second-order valence-electron chi connectivity index (χ2n) is 5.24. The average Bonchev–Trinajstić information content (AvgIpc) is 2.49. The highest BCUT2D eigenvalue weighted by molar-refractivity contribution is 7.93. The molecule has 0 aliphatic carbocycles. The van der Waals surface area contributed by atoms with E-state index in [1.54, 1.807) is 30.3 Å². The van der Waals surface area contributed by atoms with Gasteiger partial charge in [0.25, 0.3) is 10.0 Å². The molecule has 122 valence electrons. The van der Waals surface area contributed by atoms with E-state index in [4.69, 9.17) is 0 Å². The molecule has 0 aliphatic rings.